The Kier molecular flexibility index (Phi) is 4.42. The second kappa shape index (κ2) is 6.26. The molecule has 0 aliphatic rings. The Hall–Kier alpha value is -2.56. The van der Waals surface area contributed by atoms with E-state index in [1.807, 2.05) is 13.0 Å². The van der Waals surface area contributed by atoms with Gasteiger partial charge in [-0.15, -0.1) is 0 Å². The molecule has 0 fully saturated rings. The minimum atomic E-state index is -1.00. The first kappa shape index (κ1) is 14.8. The molecule has 1 amide bonds. The molecule has 0 saturated heterocycles. The number of anilines is 1. The van der Waals surface area contributed by atoms with Crippen LogP contribution >= 0.6 is 0 Å². The van der Waals surface area contributed by atoms with Gasteiger partial charge in [0.25, 0.3) is 0 Å². The minimum Gasteiger partial charge on any atom is -0.478 e. The maximum Gasteiger partial charge on any atom is 0.336 e. The number of aryl methyl sites for hydroxylation is 3. The van der Waals surface area contributed by atoms with Gasteiger partial charge in [0, 0.05) is 18.5 Å². The number of benzene rings is 1. The fourth-order valence-electron chi connectivity index (χ4n) is 2.12. The molecule has 0 atom stereocenters. The lowest BCUT2D eigenvalue weighted by Gasteiger charge is -2.11. The van der Waals surface area contributed by atoms with E-state index in [1.54, 1.807) is 25.3 Å². The summed E-state index contributed by atoms with van der Waals surface area (Å²) in [5, 5.41) is 11.9. The van der Waals surface area contributed by atoms with Crippen molar-refractivity contribution in [3.63, 3.8) is 0 Å². The van der Waals surface area contributed by atoms with Crippen molar-refractivity contribution < 1.29 is 19.1 Å². The van der Waals surface area contributed by atoms with Crippen molar-refractivity contribution in [2.75, 3.05) is 5.32 Å². The number of hydrogen-bond acceptors (Lipinski definition) is 3. The van der Waals surface area contributed by atoms with Gasteiger partial charge in [0.15, 0.2) is 0 Å². The molecule has 0 aliphatic carbocycles. The van der Waals surface area contributed by atoms with Gasteiger partial charge in [0.1, 0.15) is 5.76 Å². The van der Waals surface area contributed by atoms with Crippen LogP contribution in [0.3, 0.4) is 0 Å². The maximum atomic E-state index is 11.9. The van der Waals surface area contributed by atoms with Crippen molar-refractivity contribution in [1.82, 2.24) is 0 Å². The van der Waals surface area contributed by atoms with E-state index >= 15 is 0 Å². The molecular formula is C16H17NO4. The third-order valence-corrected chi connectivity index (χ3v) is 3.25. The number of carboxylic acids is 1. The van der Waals surface area contributed by atoms with Crippen LogP contribution < -0.4 is 5.32 Å². The standard InChI is InChI=1S/C16H17NO4/c1-10-8-11(2)14(9-13(10)16(19)20)17-15(18)6-5-12-4-3-7-21-12/h3-4,7-9H,5-6H2,1-2H3,(H,17,18)(H,19,20). The van der Waals surface area contributed by atoms with E-state index in [4.69, 9.17) is 9.52 Å². The Morgan fingerprint density at radius 2 is 2.00 bits per heavy atom. The Morgan fingerprint density at radius 3 is 2.62 bits per heavy atom. The third-order valence-electron chi connectivity index (χ3n) is 3.25. The van der Waals surface area contributed by atoms with Crippen LogP contribution in [0.5, 0.6) is 0 Å². The van der Waals surface area contributed by atoms with Crippen LogP contribution in [0.4, 0.5) is 5.69 Å². The van der Waals surface area contributed by atoms with Gasteiger partial charge in [-0.3, -0.25) is 4.79 Å². The maximum absolute atomic E-state index is 11.9. The molecule has 0 aliphatic heterocycles. The number of aromatic carboxylic acids is 1. The number of rotatable bonds is 5. The Bertz CT molecular complexity index is 659. The van der Waals surface area contributed by atoms with Gasteiger partial charge in [-0.2, -0.15) is 0 Å². The van der Waals surface area contributed by atoms with E-state index in [-0.39, 0.29) is 17.9 Å². The lowest BCUT2D eigenvalue weighted by Crippen LogP contribution is -2.14. The summed E-state index contributed by atoms with van der Waals surface area (Å²) in [7, 11) is 0. The molecule has 0 saturated carbocycles. The van der Waals surface area contributed by atoms with Crippen molar-refractivity contribution >= 4 is 17.6 Å². The fourth-order valence-corrected chi connectivity index (χ4v) is 2.12. The van der Waals surface area contributed by atoms with Crippen LogP contribution in [0.2, 0.25) is 0 Å². The largest absolute Gasteiger partial charge is 0.478 e. The van der Waals surface area contributed by atoms with E-state index in [9.17, 15) is 9.59 Å². The number of carboxylic acid groups (broad SMARTS) is 1. The number of nitrogens with one attached hydrogen (secondary N) is 1. The topological polar surface area (TPSA) is 79.5 Å². The molecule has 2 aromatic rings. The van der Waals surface area contributed by atoms with Gasteiger partial charge in [-0.05, 0) is 43.2 Å². The smallest absolute Gasteiger partial charge is 0.336 e. The highest BCUT2D eigenvalue weighted by atomic mass is 16.4. The van der Waals surface area contributed by atoms with Crippen LogP contribution in [0.1, 0.15) is 33.7 Å². The summed E-state index contributed by atoms with van der Waals surface area (Å²) in [6.45, 7) is 3.57. The third kappa shape index (κ3) is 3.72. The van der Waals surface area contributed by atoms with Crippen molar-refractivity contribution in [3.05, 3.63) is 53.0 Å². The van der Waals surface area contributed by atoms with Gasteiger partial charge in [-0.1, -0.05) is 6.07 Å². The fraction of sp³-hybridized carbons (Fsp3) is 0.250. The number of carbonyl (C=O) groups is 2. The molecule has 0 spiro atoms. The molecule has 5 heteroatoms. The predicted octanol–water partition coefficient (Wildman–Crippen LogP) is 3.17. The van der Waals surface area contributed by atoms with E-state index in [0.717, 1.165) is 11.3 Å². The average molecular weight is 287 g/mol. The molecule has 110 valence electrons. The van der Waals surface area contributed by atoms with E-state index in [2.05, 4.69) is 5.32 Å². The summed E-state index contributed by atoms with van der Waals surface area (Å²) >= 11 is 0. The second-order valence-electron chi connectivity index (χ2n) is 4.91. The van der Waals surface area contributed by atoms with Crippen LogP contribution in [0.25, 0.3) is 0 Å². The van der Waals surface area contributed by atoms with E-state index in [1.165, 1.54) is 6.07 Å². The Balaban J connectivity index is 2.06. The first-order chi connectivity index (χ1) is 9.97. The van der Waals surface area contributed by atoms with Crippen molar-refractivity contribution in [2.45, 2.75) is 26.7 Å². The van der Waals surface area contributed by atoms with Crippen LogP contribution in [-0.2, 0) is 11.2 Å². The SMILES string of the molecule is Cc1cc(C)c(C(=O)O)cc1NC(=O)CCc1ccco1. The molecular weight excluding hydrogens is 270 g/mol. The normalized spacial score (nSPS) is 10.4. The highest BCUT2D eigenvalue weighted by Crippen LogP contribution is 2.21. The highest BCUT2D eigenvalue weighted by Gasteiger charge is 2.12. The summed E-state index contributed by atoms with van der Waals surface area (Å²) in [6, 6.07) is 6.84. The zero-order valence-electron chi connectivity index (χ0n) is 12.0. The molecule has 1 aromatic heterocycles. The van der Waals surface area contributed by atoms with Crippen molar-refractivity contribution in [3.8, 4) is 0 Å². The molecule has 0 unspecified atom stereocenters. The Morgan fingerprint density at radius 1 is 1.24 bits per heavy atom. The highest BCUT2D eigenvalue weighted by molar-refractivity contribution is 5.95. The van der Waals surface area contributed by atoms with Crippen molar-refractivity contribution in [1.29, 1.82) is 0 Å². The molecule has 1 heterocycles. The van der Waals surface area contributed by atoms with Crippen molar-refractivity contribution in [2.24, 2.45) is 0 Å². The first-order valence-corrected chi connectivity index (χ1v) is 6.64. The predicted molar refractivity (Wildman–Crippen MR) is 78.5 cm³/mol. The summed E-state index contributed by atoms with van der Waals surface area (Å²) in [5.74, 6) is -0.426. The lowest BCUT2D eigenvalue weighted by atomic mass is 10.0. The summed E-state index contributed by atoms with van der Waals surface area (Å²) in [6.07, 6.45) is 2.36. The Labute approximate surface area is 122 Å². The van der Waals surface area contributed by atoms with Crippen LogP contribution in [0.15, 0.2) is 34.9 Å². The van der Waals surface area contributed by atoms with Gasteiger partial charge >= 0.3 is 5.97 Å². The summed E-state index contributed by atoms with van der Waals surface area (Å²) < 4.78 is 5.17. The average Bonchev–Trinajstić information content (AvgIpc) is 2.92. The minimum absolute atomic E-state index is 0.172. The van der Waals surface area contributed by atoms with Gasteiger partial charge in [0.05, 0.1) is 11.8 Å². The van der Waals surface area contributed by atoms with Gasteiger partial charge in [-0.25, -0.2) is 4.79 Å². The molecule has 1 aromatic carbocycles. The zero-order valence-corrected chi connectivity index (χ0v) is 12.0. The quantitative estimate of drug-likeness (QED) is 0.885. The molecule has 0 radical (unpaired) electrons. The summed E-state index contributed by atoms with van der Waals surface area (Å²) in [5.41, 5.74) is 2.24. The summed E-state index contributed by atoms with van der Waals surface area (Å²) in [4.78, 5) is 23.1. The number of hydrogen-bond donors (Lipinski definition) is 2. The molecule has 2 rings (SSSR count). The molecule has 0 bridgehead atoms. The van der Waals surface area contributed by atoms with Gasteiger partial charge in [0.2, 0.25) is 5.91 Å². The first-order valence-electron chi connectivity index (χ1n) is 6.64. The molecule has 21 heavy (non-hydrogen) atoms. The zero-order chi connectivity index (χ0) is 15.4. The number of furan rings is 1. The van der Waals surface area contributed by atoms with Gasteiger partial charge < -0.3 is 14.8 Å². The number of amides is 1. The number of carbonyl (C=O) groups excluding carboxylic acids is 1. The van der Waals surface area contributed by atoms with E-state index in [0.29, 0.717) is 17.7 Å². The molecule has 5 nitrogen and oxygen atoms in total. The monoisotopic (exact) mass is 287 g/mol. The second-order valence-corrected chi connectivity index (χ2v) is 4.91. The lowest BCUT2D eigenvalue weighted by molar-refractivity contribution is -0.116. The van der Waals surface area contributed by atoms with E-state index < -0.39 is 5.97 Å². The van der Waals surface area contributed by atoms with Crippen LogP contribution in [0, 0.1) is 13.8 Å². The molecule has 2 N–H and O–H groups in total. The van der Waals surface area contributed by atoms with Crippen LogP contribution in [-0.4, -0.2) is 17.0 Å².